The van der Waals surface area contributed by atoms with Crippen LogP contribution in [0.1, 0.15) is 47.9 Å². The lowest BCUT2D eigenvalue weighted by Crippen LogP contribution is -2.48. The number of aryl methyl sites for hydroxylation is 2. The zero-order valence-electron chi connectivity index (χ0n) is 15.4. The van der Waals surface area contributed by atoms with Crippen molar-refractivity contribution in [3.8, 4) is 0 Å². The second kappa shape index (κ2) is 5.88. The molecule has 2 unspecified atom stereocenters. The lowest BCUT2D eigenvalue weighted by Gasteiger charge is -2.33. The molecule has 0 bridgehead atoms. The van der Waals surface area contributed by atoms with Gasteiger partial charge in [-0.15, -0.1) is 11.3 Å². The highest BCUT2D eigenvalue weighted by atomic mass is 32.1. The first-order valence-electron chi connectivity index (χ1n) is 10.2. The largest absolute Gasteiger partial charge is 0.373 e. The van der Waals surface area contributed by atoms with E-state index in [1.165, 1.54) is 54.6 Å². The molecule has 0 aromatic carbocycles. The highest BCUT2D eigenvalue weighted by molar-refractivity contribution is 7.19. The first kappa shape index (κ1) is 15.8. The molecule has 0 spiro atoms. The van der Waals surface area contributed by atoms with Crippen molar-refractivity contribution < 1.29 is 4.74 Å². The van der Waals surface area contributed by atoms with Crippen LogP contribution in [0.4, 0.5) is 5.82 Å². The maximum absolute atomic E-state index is 6.10. The summed E-state index contributed by atoms with van der Waals surface area (Å²) in [5, 5.41) is 1.37. The topological polar surface area (TPSA) is 41.5 Å². The Hall–Kier alpha value is -1.24. The molecule has 5 nitrogen and oxygen atoms in total. The number of rotatable bonds is 2. The highest BCUT2D eigenvalue weighted by Crippen LogP contribution is 2.44. The number of likely N-dealkylation sites (N-methyl/N-ethyl adjacent to an activating group) is 1. The van der Waals surface area contributed by atoms with Gasteiger partial charge in [0.05, 0.1) is 24.1 Å². The number of fused-ring (bicyclic) bond motifs is 4. The Bertz CT molecular complexity index is 861. The van der Waals surface area contributed by atoms with Gasteiger partial charge in [-0.3, -0.25) is 4.90 Å². The van der Waals surface area contributed by atoms with E-state index in [-0.39, 0.29) is 0 Å². The number of aromatic nitrogens is 2. The van der Waals surface area contributed by atoms with Gasteiger partial charge in [-0.05, 0) is 51.1 Å². The van der Waals surface area contributed by atoms with E-state index in [2.05, 4.69) is 16.8 Å². The number of thiophene rings is 1. The molecule has 6 rings (SSSR count). The van der Waals surface area contributed by atoms with Crippen molar-refractivity contribution in [1.82, 2.24) is 14.9 Å². The Morgan fingerprint density at radius 2 is 2.00 bits per heavy atom. The quantitative estimate of drug-likeness (QED) is 0.813. The summed E-state index contributed by atoms with van der Waals surface area (Å²) in [7, 11) is 2.24. The van der Waals surface area contributed by atoms with Gasteiger partial charge in [-0.25, -0.2) is 9.97 Å². The Balaban J connectivity index is 1.47. The molecule has 4 heterocycles. The molecule has 6 heteroatoms. The number of morpholine rings is 1. The molecule has 2 aliphatic carbocycles. The third-order valence-corrected chi connectivity index (χ3v) is 7.82. The number of hydrogen-bond acceptors (Lipinski definition) is 6. The fraction of sp³-hybridized carbons (Fsp3) is 0.700. The van der Waals surface area contributed by atoms with Crippen LogP contribution in [0.15, 0.2) is 0 Å². The monoisotopic (exact) mass is 370 g/mol. The van der Waals surface area contributed by atoms with Crippen LogP contribution in [-0.2, 0) is 17.6 Å². The Labute approximate surface area is 158 Å². The molecule has 0 amide bonds. The summed E-state index contributed by atoms with van der Waals surface area (Å²) in [6, 6.07) is 0.493. The minimum Gasteiger partial charge on any atom is -0.373 e. The summed E-state index contributed by atoms with van der Waals surface area (Å²) in [4.78, 5) is 18.0. The predicted molar refractivity (Wildman–Crippen MR) is 104 cm³/mol. The molecular formula is C20H26N4OS. The maximum atomic E-state index is 6.10. The number of hydrogen-bond donors (Lipinski definition) is 0. The zero-order chi connectivity index (χ0) is 17.3. The van der Waals surface area contributed by atoms with Crippen LogP contribution in [0.2, 0.25) is 0 Å². The van der Waals surface area contributed by atoms with Crippen molar-refractivity contribution in [3.63, 3.8) is 0 Å². The average Bonchev–Trinajstić information content (AvgIpc) is 3.30. The number of ether oxygens (including phenoxy) is 1. The van der Waals surface area contributed by atoms with Crippen molar-refractivity contribution >= 4 is 27.4 Å². The van der Waals surface area contributed by atoms with Gasteiger partial charge in [-0.2, -0.15) is 0 Å². The van der Waals surface area contributed by atoms with Crippen molar-refractivity contribution in [2.75, 3.05) is 38.2 Å². The van der Waals surface area contributed by atoms with Crippen LogP contribution >= 0.6 is 11.3 Å². The molecule has 1 saturated carbocycles. The molecule has 4 aliphatic rings. The Morgan fingerprint density at radius 1 is 1.12 bits per heavy atom. The van der Waals surface area contributed by atoms with Crippen LogP contribution in [-0.4, -0.2) is 60.3 Å². The van der Waals surface area contributed by atoms with E-state index < -0.39 is 0 Å². The van der Waals surface area contributed by atoms with Crippen molar-refractivity contribution in [2.24, 2.45) is 0 Å². The van der Waals surface area contributed by atoms with Crippen LogP contribution < -0.4 is 4.90 Å². The van der Waals surface area contributed by atoms with Crippen molar-refractivity contribution in [2.45, 2.75) is 56.6 Å². The molecule has 2 atom stereocenters. The molecule has 0 radical (unpaired) electrons. The number of anilines is 1. The molecule has 2 aromatic heterocycles. The van der Waals surface area contributed by atoms with Gasteiger partial charge >= 0.3 is 0 Å². The standard InChI is InChI=1S/C20H26N4OS/c1-23-8-9-25-15-11-24(10-14(15)23)19-17-13-4-2-3-5-16(13)26-20(17)22-18(21-19)12-6-7-12/h12,14-15H,2-11H2,1H3. The fourth-order valence-corrected chi connectivity index (χ4v) is 6.20. The minimum absolute atomic E-state index is 0.317. The minimum atomic E-state index is 0.317. The maximum Gasteiger partial charge on any atom is 0.141 e. The van der Waals surface area contributed by atoms with Gasteiger partial charge < -0.3 is 9.64 Å². The van der Waals surface area contributed by atoms with Crippen LogP contribution in [0.3, 0.4) is 0 Å². The van der Waals surface area contributed by atoms with Gasteiger partial charge in [0.25, 0.3) is 0 Å². The van der Waals surface area contributed by atoms with E-state index in [9.17, 15) is 0 Å². The summed E-state index contributed by atoms with van der Waals surface area (Å²) < 4.78 is 6.10. The van der Waals surface area contributed by atoms with Crippen LogP contribution in [0.25, 0.3) is 10.2 Å². The molecule has 138 valence electrons. The van der Waals surface area contributed by atoms with E-state index in [0.29, 0.717) is 18.1 Å². The predicted octanol–water partition coefficient (Wildman–Crippen LogP) is 2.97. The van der Waals surface area contributed by atoms with E-state index in [0.717, 1.165) is 32.1 Å². The molecule has 3 fully saturated rings. The molecule has 2 aliphatic heterocycles. The van der Waals surface area contributed by atoms with Crippen LogP contribution in [0.5, 0.6) is 0 Å². The summed E-state index contributed by atoms with van der Waals surface area (Å²) in [5.74, 6) is 2.90. The van der Waals surface area contributed by atoms with Crippen LogP contribution in [0, 0.1) is 0 Å². The van der Waals surface area contributed by atoms with Gasteiger partial charge in [0.1, 0.15) is 16.5 Å². The van der Waals surface area contributed by atoms with Gasteiger partial charge in [0.15, 0.2) is 0 Å². The first-order chi connectivity index (χ1) is 12.8. The molecular weight excluding hydrogens is 344 g/mol. The Morgan fingerprint density at radius 3 is 2.85 bits per heavy atom. The third kappa shape index (κ3) is 2.42. The lowest BCUT2D eigenvalue weighted by atomic mass is 9.97. The average molecular weight is 371 g/mol. The molecule has 0 N–H and O–H groups in total. The summed E-state index contributed by atoms with van der Waals surface area (Å²) in [6.45, 7) is 3.89. The van der Waals surface area contributed by atoms with E-state index >= 15 is 0 Å². The normalized spacial score (nSPS) is 29.2. The van der Waals surface area contributed by atoms with Crippen molar-refractivity contribution in [3.05, 3.63) is 16.3 Å². The molecule has 2 aromatic rings. The van der Waals surface area contributed by atoms with Gasteiger partial charge in [0.2, 0.25) is 0 Å². The zero-order valence-corrected chi connectivity index (χ0v) is 16.2. The van der Waals surface area contributed by atoms with Gasteiger partial charge in [0, 0.05) is 30.4 Å². The summed E-state index contributed by atoms with van der Waals surface area (Å²) in [5.41, 5.74) is 1.55. The van der Waals surface area contributed by atoms with Gasteiger partial charge in [-0.1, -0.05) is 0 Å². The second-order valence-corrected chi connectivity index (χ2v) is 9.52. The second-order valence-electron chi connectivity index (χ2n) is 8.43. The van der Waals surface area contributed by atoms with E-state index in [1.54, 1.807) is 10.4 Å². The first-order valence-corrected chi connectivity index (χ1v) is 11.0. The Kier molecular flexibility index (Phi) is 3.57. The summed E-state index contributed by atoms with van der Waals surface area (Å²) >= 11 is 1.94. The van der Waals surface area contributed by atoms with E-state index in [1.807, 2.05) is 11.3 Å². The highest BCUT2D eigenvalue weighted by Gasteiger charge is 2.40. The molecule has 26 heavy (non-hydrogen) atoms. The van der Waals surface area contributed by atoms with Crippen molar-refractivity contribution in [1.29, 1.82) is 0 Å². The number of nitrogens with zero attached hydrogens (tertiary/aromatic N) is 4. The summed E-state index contributed by atoms with van der Waals surface area (Å²) in [6.07, 6.45) is 7.89. The smallest absolute Gasteiger partial charge is 0.141 e. The fourth-order valence-electron chi connectivity index (χ4n) is 4.94. The molecule has 2 saturated heterocycles. The SMILES string of the molecule is CN1CCOC2CN(c3nc(C4CC4)nc4sc5c(c34)CCCC5)CC21. The van der Waals surface area contributed by atoms with E-state index in [4.69, 9.17) is 14.7 Å². The third-order valence-electron chi connectivity index (χ3n) is 6.63. The lowest BCUT2D eigenvalue weighted by molar-refractivity contribution is -0.0362.